The fourth-order valence-corrected chi connectivity index (χ4v) is 6.22. The zero-order chi connectivity index (χ0) is 15.3. The molecule has 3 aliphatic rings. The summed E-state index contributed by atoms with van der Waals surface area (Å²) in [6.45, 7) is 4.76. The van der Waals surface area contributed by atoms with Gasteiger partial charge in [0.05, 0.1) is 12.2 Å². The van der Waals surface area contributed by atoms with E-state index in [-0.39, 0.29) is 29.6 Å². The van der Waals surface area contributed by atoms with Crippen molar-refractivity contribution in [2.45, 2.75) is 77.4 Å². The van der Waals surface area contributed by atoms with E-state index in [0.717, 1.165) is 51.4 Å². The van der Waals surface area contributed by atoms with Gasteiger partial charge >= 0.3 is 0 Å². The Bertz CT molecular complexity index is 385. The van der Waals surface area contributed by atoms with Crippen LogP contribution in [0.15, 0.2) is 0 Å². The molecule has 0 aromatic rings. The minimum atomic E-state index is -0.221. The molecule has 0 spiro atoms. The van der Waals surface area contributed by atoms with Crippen LogP contribution in [0.25, 0.3) is 0 Å². The molecule has 0 aromatic heterocycles. The first-order valence-electron chi connectivity index (χ1n) is 8.90. The Morgan fingerprint density at radius 3 is 2.33 bits per heavy atom. The average molecular weight is 296 g/mol. The van der Waals surface area contributed by atoms with Crippen LogP contribution < -0.4 is 0 Å². The van der Waals surface area contributed by atoms with Crippen LogP contribution in [0.4, 0.5) is 0 Å². The molecule has 3 saturated carbocycles. The summed E-state index contributed by atoms with van der Waals surface area (Å²) in [7, 11) is 0. The third-order valence-electron chi connectivity index (χ3n) is 7.64. The van der Waals surface area contributed by atoms with Crippen molar-refractivity contribution >= 4 is 0 Å². The maximum absolute atomic E-state index is 10.6. The molecule has 3 heteroatoms. The molecular formula is C18H32O3. The van der Waals surface area contributed by atoms with Gasteiger partial charge in [0.1, 0.15) is 0 Å². The molecule has 0 radical (unpaired) electrons. The molecule has 0 aliphatic heterocycles. The molecule has 3 N–H and O–H groups in total. The molecule has 3 fully saturated rings. The molecule has 0 aromatic carbocycles. The second kappa shape index (κ2) is 5.50. The molecule has 122 valence electrons. The third-order valence-corrected chi connectivity index (χ3v) is 7.64. The number of hydrogen-bond donors (Lipinski definition) is 3. The standard InChI is InChI=1S/C18H32O3/c1-17(9-3-11-19)14-8-10-18(2)13(5-7-16(18)21)12(14)4-6-15(17)20/h12-16,19-21H,3-11H2,1-2H3/t12-,13-,14-,15+,16-,17+,18-/m0/s1. The van der Waals surface area contributed by atoms with Crippen LogP contribution in [0.5, 0.6) is 0 Å². The van der Waals surface area contributed by atoms with E-state index in [1.165, 1.54) is 0 Å². The second-order valence-corrected chi connectivity index (χ2v) is 8.44. The van der Waals surface area contributed by atoms with Crippen LogP contribution >= 0.6 is 0 Å². The van der Waals surface area contributed by atoms with Crippen LogP contribution in [0, 0.1) is 28.6 Å². The SMILES string of the molecule is C[C@]1(CCCO)[C@H](O)CC[C@@H]2[C@@H]1CC[C@]1(C)[C@@H](O)CC[C@@H]21. The summed E-state index contributed by atoms with van der Waals surface area (Å²) in [6, 6.07) is 0. The molecule has 0 unspecified atom stereocenters. The Morgan fingerprint density at radius 1 is 0.905 bits per heavy atom. The van der Waals surface area contributed by atoms with E-state index < -0.39 is 0 Å². The van der Waals surface area contributed by atoms with E-state index in [2.05, 4.69) is 13.8 Å². The fraction of sp³-hybridized carbons (Fsp3) is 1.00. The zero-order valence-corrected chi connectivity index (χ0v) is 13.6. The van der Waals surface area contributed by atoms with E-state index in [4.69, 9.17) is 0 Å². The van der Waals surface area contributed by atoms with Gasteiger partial charge in [-0.2, -0.15) is 0 Å². The average Bonchev–Trinajstić information content (AvgIpc) is 2.77. The third kappa shape index (κ3) is 2.27. The van der Waals surface area contributed by atoms with Gasteiger partial charge in [0.15, 0.2) is 0 Å². The summed E-state index contributed by atoms with van der Waals surface area (Å²) in [4.78, 5) is 0. The maximum Gasteiger partial charge on any atom is 0.0596 e. The number of fused-ring (bicyclic) bond motifs is 3. The first-order chi connectivity index (χ1) is 9.93. The van der Waals surface area contributed by atoms with Gasteiger partial charge in [0.2, 0.25) is 0 Å². The lowest BCUT2D eigenvalue weighted by molar-refractivity contribution is -0.138. The summed E-state index contributed by atoms with van der Waals surface area (Å²) in [6.07, 6.45) is 7.74. The van der Waals surface area contributed by atoms with Crippen molar-refractivity contribution in [2.75, 3.05) is 6.61 Å². The van der Waals surface area contributed by atoms with Crippen molar-refractivity contribution in [3.63, 3.8) is 0 Å². The van der Waals surface area contributed by atoms with Crippen LogP contribution in [-0.2, 0) is 0 Å². The molecule has 3 nitrogen and oxygen atoms in total. The topological polar surface area (TPSA) is 60.7 Å². The second-order valence-electron chi connectivity index (χ2n) is 8.44. The van der Waals surface area contributed by atoms with Crippen LogP contribution in [0.2, 0.25) is 0 Å². The van der Waals surface area contributed by atoms with Gasteiger partial charge in [-0.1, -0.05) is 13.8 Å². The first kappa shape index (κ1) is 15.8. The van der Waals surface area contributed by atoms with Crippen LogP contribution in [-0.4, -0.2) is 34.1 Å². The van der Waals surface area contributed by atoms with Crippen molar-refractivity contribution < 1.29 is 15.3 Å². The number of aliphatic hydroxyl groups is 3. The molecular weight excluding hydrogens is 264 g/mol. The van der Waals surface area contributed by atoms with Crippen LogP contribution in [0.3, 0.4) is 0 Å². The Hall–Kier alpha value is -0.120. The molecule has 0 saturated heterocycles. The summed E-state index contributed by atoms with van der Waals surface area (Å²) in [5.41, 5.74) is 0.0713. The highest BCUT2D eigenvalue weighted by Crippen LogP contribution is 2.63. The molecule has 0 bridgehead atoms. The maximum atomic E-state index is 10.6. The lowest BCUT2D eigenvalue weighted by Gasteiger charge is -2.57. The largest absolute Gasteiger partial charge is 0.396 e. The van der Waals surface area contributed by atoms with Gasteiger partial charge in [0.25, 0.3) is 0 Å². The van der Waals surface area contributed by atoms with Crippen molar-refractivity contribution in [1.82, 2.24) is 0 Å². The first-order valence-corrected chi connectivity index (χ1v) is 8.90. The Kier molecular flexibility index (Phi) is 4.13. The van der Waals surface area contributed by atoms with E-state index in [1.54, 1.807) is 0 Å². The Balaban J connectivity index is 1.85. The van der Waals surface area contributed by atoms with E-state index in [9.17, 15) is 15.3 Å². The van der Waals surface area contributed by atoms with Crippen molar-refractivity contribution in [2.24, 2.45) is 28.6 Å². The van der Waals surface area contributed by atoms with Crippen LogP contribution in [0.1, 0.15) is 65.2 Å². The monoisotopic (exact) mass is 296 g/mol. The van der Waals surface area contributed by atoms with Crippen molar-refractivity contribution in [1.29, 1.82) is 0 Å². The summed E-state index contributed by atoms with van der Waals surface area (Å²) in [5.74, 6) is 1.86. The highest BCUT2D eigenvalue weighted by atomic mass is 16.3. The lowest BCUT2D eigenvalue weighted by atomic mass is 9.48. The Morgan fingerprint density at radius 2 is 1.62 bits per heavy atom. The van der Waals surface area contributed by atoms with Crippen molar-refractivity contribution in [3.05, 3.63) is 0 Å². The van der Waals surface area contributed by atoms with E-state index in [0.29, 0.717) is 17.8 Å². The quantitative estimate of drug-likeness (QED) is 0.750. The Labute approximate surface area is 128 Å². The summed E-state index contributed by atoms with van der Waals surface area (Å²) < 4.78 is 0. The number of rotatable bonds is 3. The number of aliphatic hydroxyl groups excluding tert-OH is 3. The van der Waals surface area contributed by atoms with E-state index >= 15 is 0 Å². The number of hydrogen-bond acceptors (Lipinski definition) is 3. The zero-order valence-electron chi connectivity index (χ0n) is 13.6. The predicted octanol–water partition coefficient (Wildman–Crippen LogP) is 2.72. The highest BCUT2D eigenvalue weighted by molar-refractivity contribution is 5.08. The molecule has 3 aliphatic carbocycles. The molecule has 3 rings (SSSR count). The lowest BCUT2D eigenvalue weighted by Crippen LogP contribution is -2.54. The van der Waals surface area contributed by atoms with Gasteiger partial charge in [0, 0.05) is 6.61 Å². The van der Waals surface area contributed by atoms with Gasteiger partial charge in [-0.05, 0) is 80.0 Å². The van der Waals surface area contributed by atoms with E-state index in [1.807, 2.05) is 0 Å². The minimum absolute atomic E-state index is 0.0412. The summed E-state index contributed by atoms with van der Waals surface area (Å²) in [5, 5.41) is 30.2. The fourth-order valence-electron chi connectivity index (χ4n) is 6.22. The summed E-state index contributed by atoms with van der Waals surface area (Å²) >= 11 is 0. The minimum Gasteiger partial charge on any atom is -0.396 e. The molecule has 21 heavy (non-hydrogen) atoms. The molecule has 0 heterocycles. The highest BCUT2D eigenvalue weighted by Gasteiger charge is 2.59. The van der Waals surface area contributed by atoms with Gasteiger partial charge < -0.3 is 15.3 Å². The molecule has 7 atom stereocenters. The normalized spacial score (nSPS) is 53.3. The van der Waals surface area contributed by atoms with Gasteiger partial charge in [-0.15, -0.1) is 0 Å². The van der Waals surface area contributed by atoms with Gasteiger partial charge in [-0.25, -0.2) is 0 Å². The molecule has 0 amide bonds. The predicted molar refractivity (Wildman–Crippen MR) is 82.7 cm³/mol. The van der Waals surface area contributed by atoms with Gasteiger partial charge in [-0.3, -0.25) is 0 Å². The smallest absolute Gasteiger partial charge is 0.0596 e. The van der Waals surface area contributed by atoms with Crippen molar-refractivity contribution in [3.8, 4) is 0 Å².